The van der Waals surface area contributed by atoms with Crippen molar-refractivity contribution >= 4 is 0 Å². The van der Waals surface area contributed by atoms with Gasteiger partial charge in [-0.15, -0.1) is 0 Å². The molecule has 380 valence electrons. The zero-order chi connectivity index (χ0) is 48.1. The van der Waals surface area contributed by atoms with Crippen molar-refractivity contribution in [3.05, 3.63) is 0 Å². The zero-order valence-electron chi connectivity index (χ0n) is 39.3. The Morgan fingerprint density at radius 2 is 1.20 bits per heavy atom. The van der Waals surface area contributed by atoms with Crippen LogP contribution in [0.2, 0.25) is 0 Å². The summed E-state index contributed by atoms with van der Waals surface area (Å²) < 4.78 is 44.3. The van der Waals surface area contributed by atoms with Gasteiger partial charge in [0.25, 0.3) is 0 Å². The Hall–Kier alpha value is -0.760. The average Bonchev–Trinajstić information content (AvgIpc) is 3.63. The highest BCUT2D eigenvalue weighted by Crippen LogP contribution is 2.89. The molecule has 4 heterocycles. The third-order valence-corrected chi connectivity index (χ3v) is 19.9. The van der Waals surface area contributed by atoms with Crippen molar-refractivity contribution < 1.29 is 94.4 Å². The first-order chi connectivity index (χ1) is 30.8. The van der Waals surface area contributed by atoms with Gasteiger partial charge in [0, 0.05) is 5.92 Å². The lowest BCUT2D eigenvalue weighted by molar-refractivity contribution is -0.339. The second-order valence-electron chi connectivity index (χ2n) is 23.8. The summed E-state index contributed by atoms with van der Waals surface area (Å²) in [6.07, 6.45) is -16.3. The van der Waals surface area contributed by atoms with E-state index in [9.17, 15) is 61.3 Å². The third-order valence-electron chi connectivity index (χ3n) is 19.9. The molecule has 4 aliphatic heterocycles. The second kappa shape index (κ2) is 16.9. The van der Waals surface area contributed by atoms with E-state index in [1.165, 1.54) is 0 Å². The van der Waals surface area contributed by atoms with Crippen LogP contribution in [0.3, 0.4) is 0 Å². The van der Waals surface area contributed by atoms with Crippen molar-refractivity contribution in [2.24, 2.45) is 44.8 Å². The van der Waals surface area contributed by atoms with E-state index in [0.717, 1.165) is 25.7 Å². The summed E-state index contributed by atoms with van der Waals surface area (Å²) in [6.45, 7) is 13.0. The molecule has 0 bridgehead atoms. The summed E-state index contributed by atoms with van der Waals surface area (Å²) in [6, 6.07) is 0. The number of fused-ring (bicyclic) bond motifs is 2. The summed E-state index contributed by atoms with van der Waals surface area (Å²) >= 11 is 0. The largest absolute Gasteiger partial charge is 0.394 e. The minimum absolute atomic E-state index is 0.00898. The summed E-state index contributed by atoms with van der Waals surface area (Å²) in [5.74, 6) is -0.523. The van der Waals surface area contributed by atoms with Crippen molar-refractivity contribution in [3.8, 4) is 0 Å². The van der Waals surface area contributed by atoms with Crippen LogP contribution in [0.25, 0.3) is 0 Å². The predicted molar refractivity (Wildman–Crippen MR) is 226 cm³/mol. The molecule has 0 aromatic rings. The lowest BCUT2D eigenvalue weighted by Gasteiger charge is -2.65. The van der Waals surface area contributed by atoms with Gasteiger partial charge in [-0.1, -0.05) is 27.7 Å². The van der Waals surface area contributed by atoms with E-state index in [4.69, 9.17) is 33.2 Å². The van der Waals surface area contributed by atoms with E-state index in [1.807, 2.05) is 13.8 Å². The zero-order valence-corrected chi connectivity index (χ0v) is 39.3. The molecule has 0 unspecified atom stereocenters. The lowest BCUT2D eigenvalue weighted by atomic mass is 9.41. The van der Waals surface area contributed by atoms with Crippen LogP contribution < -0.4 is 0 Å². The van der Waals surface area contributed by atoms with Crippen LogP contribution in [0.5, 0.6) is 0 Å². The van der Waals surface area contributed by atoms with Gasteiger partial charge in [0.15, 0.2) is 18.9 Å². The molecule has 0 amide bonds. The molecular weight excluding hydrogens is 868 g/mol. The topological polar surface area (TPSA) is 307 Å². The molecule has 9 rings (SSSR count). The quantitative estimate of drug-likeness (QED) is 0.112. The van der Waals surface area contributed by atoms with Crippen molar-refractivity contribution in [1.82, 2.24) is 0 Å². The molecular formula is C47H78O19. The van der Waals surface area contributed by atoms with Crippen molar-refractivity contribution in [3.63, 3.8) is 0 Å². The fourth-order valence-electron chi connectivity index (χ4n) is 16.4. The predicted octanol–water partition coefficient (Wildman–Crippen LogP) is -1.45. The van der Waals surface area contributed by atoms with E-state index in [-0.39, 0.29) is 35.2 Å². The molecule has 0 aromatic heterocycles. The molecule has 5 saturated carbocycles. The minimum atomic E-state index is -1.65. The molecule has 19 nitrogen and oxygen atoms in total. The number of aliphatic hydroxyl groups excluding tert-OH is 12. The molecule has 0 radical (unpaired) electrons. The Kier molecular flexibility index (Phi) is 12.9. The smallest absolute Gasteiger partial charge is 0.187 e. The van der Waals surface area contributed by atoms with Gasteiger partial charge in [0.05, 0.1) is 55.4 Å². The maximum atomic E-state index is 12.5. The number of aliphatic hydroxyl groups is 12. The lowest BCUT2D eigenvalue weighted by Crippen LogP contribution is -2.65. The first-order valence-electron chi connectivity index (χ1n) is 24.4. The van der Waals surface area contributed by atoms with Gasteiger partial charge in [0.2, 0.25) is 0 Å². The highest BCUT2D eigenvalue weighted by atomic mass is 16.7. The van der Waals surface area contributed by atoms with Crippen LogP contribution in [0, 0.1) is 44.8 Å². The second-order valence-corrected chi connectivity index (χ2v) is 23.8. The van der Waals surface area contributed by atoms with Crippen molar-refractivity contribution in [2.75, 3.05) is 19.8 Å². The SMILES string of the molecule is CC(C)(O[C@@H]1O[C@H](CO)[C@@H](O)[C@H](O)[C@@H]1O)[C@@H]1CC[C@@](C)([C@H]2[C@@H](O)C[C@@]3(C)[C@H]4C[C@H](O[C@H]5O[C@@H](CO)[C@H](O)[C@H](O)[C@@H]5O)[C@@H]5C(C)(C)[C@H](O[C@@H]6OC[C@@H](O)[C@H](O)[C@@H]6O)CC[C@@]56C[C@@]46CC[C@]23C)O1. The summed E-state index contributed by atoms with van der Waals surface area (Å²) in [4.78, 5) is 0. The molecule has 0 aromatic carbocycles. The fraction of sp³-hybridized carbons (Fsp3) is 1.00. The maximum Gasteiger partial charge on any atom is 0.187 e. The summed E-state index contributed by atoms with van der Waals surface area (Å²) in [5.41, 5.74) is -3.88. The van der Waals surface area contributed by atoms with Crippen LogP contribution in [-0.4, -0.2) is 203 Å². The van der Waals surface area contributed by atoms with Gasteiger partial charge in [0.1, 0.15) is 67.1 Å². The van der Waals surface area contributed by atoms with Gasteiger partial charge in [-0.05, 0) is 117 Å². The van der Waals surface area contributed by atoms with Crippen LogP contribution >= 0.6 is 0 Å². The average molecular weight is 947 g/mol. The molecule has 26 atom stereocenters. The van der Waals surface area contributed by atoms with Crippen molar-refractivity contribution in [2.45, 2.75) is 228 Å². The Morgan fingerprint density at radius 1 is 0.591 bits per heavy atom. The van der Waals surface area contributed by atoms with E-state index in [0.29, 0.717) is 32.1 Å². The summed E-state index contributed by atoms with van der Waals surface area (Å²) in [5, 5.41) is 129. The number of rotatable bonds is 10. The van der Waals surface area contributed by atoms with E-state index < -0.39 is 151 Å². The number of hydrogen-bond acceptors (Lipinski definition) is 19. The number of hydrogen-bond donors (Lipinski definition) is 12. The van der Waals surface area contributed by atoms with Gasteiger partial charge < -0.3 is 94.4 Å². The molecule has 9 fully saturated rings. The van der Waals surface area contributed by atoms with Crippen LogP contribution in [0.15, 0.2) is 0 Å². The van der Waals surface area contributed by atoms with Crippen LogP contribution in [0.4, 0.5) is 0 Å². The number of ether oxygens (including phenoxy) is 7. The Balaban J connectivity index is 1.01. The highest BCUT2D eigenvalue weighted by molar-refractivity contribution is 5.33. The first-order valence-corrected chi connectivity index (χ1v) is 24.4. The van der Waals surface area contributed by atoms with Gasteiger partial charge in [-0.3, -0.25) is 0 Å². The highest BCUT2D eigenvalue weighted by Gasteiger charge is 2.85. The fourth-order valence-corrected chi connectivity index (χ4v) is 16.4. The molecule has 12 N–H and O–H groups in total. The Morgan fingerprint density at radius 3 is 1.83 bits per heavy atom. The monoisotopic (exact) mass is 947 g/mol. The molecule has 19 heteroatoms. The molecule has 66 heavy (non-hydrogen) atoms. The molecule has 5 aliphatic carbocycles. The minimum Gasteiger partial charge on any atom is -0.394 e. The maximum absolute atomic E-state index is 12.5. The van der Waals surface area contributed by atoms with Crippen LogP contribution in [0.1, 0.15) is 106 Å². The van der Waals surface area contributed by atoms with E-state index in [2.05, 4.69) is 34.6 Å². The Bertz CT molecular complexity index is 1770. The molecule has 2 spiro atoms. The molecule has 9 aliphatic rings. The molecule has 4 saturated heterocycles. The normalized spacial score (nSPS) is 58.0. The van der Waals surface area contributed by atoms with Crippen LogP contribution in [-0.2, 0) is 33.2 Å². The van der Waals surface area contributed by atoms with Gasteiger partial charge in [-0.25, -0.2) is 0 Å². The van der Waals surface area contributed by atoms with Crippen molar-refractivity contribution in [1.29, 1.82) is 0 Å². The van der Waals surface area contributed by atoms with Gasteiger partial charge in [-0.2, -0.15) is 0 Å². The van der Waals surface area contributed by atoms with E-state index in [1.54, 1.807) is 0 Å². The summed E-state index contributed by atoms with van der Waals surface area (Å²) in [7, 11) is 0. The first kappa shape index (κ1) is 50.2. The van der Waals surface area contributed by atoms with Gasteiger partial charge >= 0.3 is 0 Å². The Labute approximate surface area is 386 Å². The van der Waals surface area contributed by atoms with E-state index >= 15 is 0 Å². The standard InChI is InChI=1S/C47H78O19/c1-41(2)26(64-38-33(57)28(52)21(51)18-60-38)9-11-47-19-46(47)13-12-43(5)36(45(7)10-8-27(65-45)42(3,4)66-40-35(59)32(56)30(54)24(17-49)63-40)20(50)15-44(43,6)25(46)14-22(37(41)47)61-39-34(58)31(55)29(53)23(16-48)62-39/h20-40,48-59H,8-19H2,1-7H3/t20-,21+,22-,23-,24+,25+,26+,27-,28-,29-,30+,31-,32-,33-,34-,35-,36-,37+,38-,39-,40-,43+,44-,45-,46-,47+/m0/s1. The third kappa shape index (κ3) is 7.22.